The zero-order valence-electron chi connectivity index (χ0n) is 13.6. The van der Waals surface area contributed by atoms with Gasteiger partial charge in [0, 0.05) is 17.5 Å². The average Bonchev–Trinajstić information content (AvgIpc) is 3.07. The van der Waals surface area contributed by atoms with Crippen molar-refractivity contribution in [1.29, 1.82) is 0 Å². The number of fused-ring (bicyclic) bond motifs is 1. The van der Waals surface area contributed by atoms with Crippen LogP contribution in [0.25, 0.3) is 0 Å². The largest absolute Gasteiger partial charge is 0.355 e. The van der Waals surface area contributed by atoms with Crippen molar-refractivity contribution in [2.45, 2.75) is 31.7 Å². The molecule has 122 valence electrons. The third-order valence-electron chi connectivity index (χ3n) is 4.54. The van der Waals surface area contributed by atoms with Gasteiger partial charge in [0.1, 0.15) is 0 Å². The normalized spacial score (nSPS) is 17.0. The van der Waals surface area contributed by atoms with E-state index < -0.39 is 0 Å². The van der Waals surface area contributed by atoms with E-state index in [1.807, 2.05) is 0 Å². The molecule has 1 aromatic heterocycles. The summed E-state index contributed by atoms with van der Waals surface area (Å²) in [6.45, 7) is 1.18. The molecule has 23 heavy (non-hydrogen) atoms. The molecule has 0 saturated carbocycles. The molecule has 0 spiro atoms. The third kappa shape index (κ3) is 4.21. The summed E-state index contributed by atoms with van der Waals surface area (Å²) in [5.74, 6) is 0.118. The van der Waals surface area contributed by atoms with Gasteiger partial charge in [0.15, 0.2) is 0 Å². The van der Waals surface area contributed by atoms with Crippen molar-refractivity contribution < 1.29 is 4.79 Å². The maximum atomic E-state index is 12.2. The molecular weight excluding hydrogens is 304 g/mol. The Hall–Kier alpha value is -1.65. The number of nitrogens with zero attached hydrogens (tertiary/aromatic N) is 1. The predicted molar refractivity (Wildman–Crippen MR) is 95.8 cm³/mol. The van der Waals surface area contributed by atoms with E-state index in [0.717, 1.165) is 19.3 Å². The van der Waals surface area contributed by atoms with Gasteiger partial charge in [-0.1, -0.05) is 30.3 Å². The number of hydrogen-bond donors (Lipinski definition) is 1. The van der Waals surface area contributed by atoms with Gasteiger partial charge in [0.25, 0.3) is 0 Å². The van der Waals surface area contributed by atoms with Crippen LogP contribution in [0.3, 0.4) is 0 Å². The molecule has 3 rings (SSSR count). The van der Waals surface area contributed by atoms with Gasteiger partial charge in [-0.2, -0.15) is 0 Å². The molecule has 1 aromatic carbocycles. The Morgan fingerprint density at radius 3 is 3.00 bits per heavy atom. The fourth-order valence-electron chi connectivity index (χ4n) is 3.36. The lowest BCUT2D eigenvalue weighted by Gasteiger charge is -2.32. The van der Waals surface area contributed by atoms with Crippen LogP contribution < -0.4 is 5.32 Å². The summed E-state index contributed by atoms with van der Waals surface area (Å²) in [6, 6.07) is 13.2. The van der Waals surface area contributed by atoms with Crippen LogP contribution >= 0.6 is 11.3 Å². The maximum Gasteiger partial charge on any atom is 0.234 e. The van der Waals surface area contributed by atoms with Crippen molar-refractivity contribution >= 4 is 17.2 Å². The first-order chi connectivity index (χ1) is 11.2. The van der Waals surface area contributed by atoms with E-state index in [0.29, 0.717) is 19.1 Å². The second-order valence-electron chi connectivity index (χ2n) is 6.20. The van der Waals surface area contributed by atoms with E-state index in [4.69, 9.17) is 0 Å². The number of thiophene rings is 1. The Kier molecular flexibility index (Phi) is 5.47. The summed E-state index contributed by atoms with van der Waals surface area (Å²) in [5.41, 5.74) is 2.83. The Morgan fingerprint density at radius 1 is 1.30 bits per heavy atom. The number of benzene rings is 1. The molecule has 0 radical (unpaired) electrons. The second kappa shape index (κ2) is 7.75. The number of nitrogens with one attached hydrogen (secondary N) is 1. The fourth-order valence-corrected chi connectivity index (χ4v) is 4.07. The van der Waals surface area contributed by atoms with E-state index in [1.54, 1.807) is 11.3 Å². The van der Waals surface area contributed by atoms with Gasteiger partial charge in [0.05, 0.1) is 6.54 Å². The standard InChI is InChI=1S/C19H24N2OS/c1-21(14-19(22)20-12-11-16-8-5-13-23-16)18-10-4-7-15-6-2-3-9-17(15)18/h2-3,5-6,8-9,13,18H,4,7,10-12,14H2,1H3,(H,20,22)/t18-/m1/s1. The first-order valence-electron chi connectivity index (χ1n) is 8.31. The minimum Gasteiger partial charge on any atom is -0.355 e. The highest BCUT2D eigenvalue weighted by Crippen LogP contribution is 2.33. The number of aryl methyl sites for hydroxylation is 1. The SMILES string of the molecule is CN(CC(=O)NCCc1cccs1)[C@@H]1CCCc2ccccc21. The average molecular weight is 328 g/mol. The second-order valence-corrected chi connectivity index (χ2v) is 7.23. The van der Waals surface area contributed by atoms with Crippen LogP contribution in [0.1, 0.15) is 34.9 Å². The lowest BCUT2D eigenvalue weighted by molar-refractivity contribution is -0.122. The van der Waals surface area contributed by atoms with Crippen LogP contribution in [0.2, 0.25) is 0 Å². The molecule has 2 aromatic rings. The number of likely N-dealkylation sites (N-methyl/N-ethyl adjacent to an activating group) is 1. The number of amides is 1. The monoisotopic (exact) mass is 328 g/mol. The van der Waals surface area contributed by atoms with E-state index in [1.165, 1.54) is 22.4 Å². The Bertz CT molecular complexity index is 639. The van der Waals surface area contributed by atoms with Crippen LogP contribution in [0.15, 0.2) is 41.8 Å². The van der Waals surface area contributed by atoms with Crippen molar-refractivity contribution in [2.24, 2.45) is 0 Å². The summed E-state index contributed by atoms with van der Waals surface area (Å²) in [5, 5.41) is 5.12. The Labute approximate surface area is 142 Å². The summed E-state index contributed by atoms with van der Waals surface area (Å²) < 4.78 is 0. The van der Waals surface area contributed by atoms with Gasteiger partial charge in [-0.3, -0.25) is 9.69 Å². The number of hydrogen-bond acceptors (Lipinski definition) is 3. The molecule has 1 heterocycles. The topological polar surface area (TPSA) is 32.3 Å². The van der Waals surface area contributed by atoms with Crippen molar-refractivity contribution in [3.05, 3.63) is 57.8 Å². The van der Waals surface area contributed by atoms with Gasteiger partial charge < -0.3 is 5.32 Å². The predicted octanol–water partition coefficient (Wildman–Crippen LogP) is 3.42. The lowest BCUT2D eigenvalue weighted by Crippen LogP contribution is -2.38. The fraction of sp³-hybridized carbons (Fsp3) is 0.421. The molecule has 1 amide bonds. The van der Waals surface area contributed by atoms with Gasteiger partial charge in [-0.15, -0.1) is 11.3 Å². The van der Waals surface area contributed by atoms with E-state index in [-0.39, 0.29) is 5.91 Å². The molecule has 3 nitrogen and oxygen atoms in total. The first kappa shape index (κ1) is 16.2. The molecule has 0 aliphatic heterocycles. The maximum absolute atomic E-state index is 12.2. The molecule has 1 aliphatic rings. The van der Waals surface area contributed by atoms with Crippen LogP contribution in [-0.4, -0.2) is 30.9 Å². The first-order valence-corrected chi connectivity index (χ1v) is 9.19. The molecule has 0 bridgehead atoms. The molecule has 0 fully saturated rings. The zero-order chi connectivity index (χ0) is 16.1. The number of carbonyl (C=O) groups is 1. The Balaban J connectivity index is 1.51. The van der Waals surface area contributed by atoms with Crippen LogP contribution in [-0.2, 0) is 17.6 Å². The Morgan fingerprint density at radius 2 is 2.17 bits per heavy atom. The minimum atomic E-state index is 0.118. The minimum absolute atomic E-state index is 0.118. The van der Waals surface area contributed by atoms with Crippen molar-refractivity contribution in [2.75, 3.05) is 20.1 Å². The third-order valence-corrected chi connectivity index (χ3v) is 5.47. The van der Waals surface area contributed by atoms with Gasteiger partial charge in [-0.05, 0) is 55.3 Å². The van der Waals surface area contributed by atoms with Gasteiger partial charge in [-0.25, -0.2) is 0 Å². The molecular formula is C19H24N2OS. The number of carbonyl (C=O) groups excluding carboxylic acids is 1. The lowest BCUT2D eigenvalue weighted by atomic mass is 9.87. The van der Waals surface area contributed by atoms with E-state index >= 15 is 0 Å². The summed E-state index contributed by atoms with van der Waals surface area (Å²) >= 11 is 1.74. The van der Waals surface area contributed by atoms with E-state index in [9.17, 15) is 4.79 Å². The molecule has 1 aliphatic carbocycles. The smallest absolute Gasteiger partial charge is 0.234 e. The zero-order valence-corrected chi connectivity index (χ0v) is 14.4. The molecule has 4 heteroatoms. The highest BCUT2D eigenvalue weighted by Gasteiger charge is 2.24. The van der Waals surface area contributed by atoms with Gasteiger partial charge in [0.2, 0.25) is 5.91 Å². The molecule has 0 unspecified atom stereocenters. The highest BCUT2D eigenvalue weighted by atomic mass is 32.1. The van der Waals surface area contributed by atoms with Crippen molar-refractivity contribution in [1.82, 2.24) is 10.2 Å². The van der Waals surface area contributed by atoms with Crippen molar-refractivity contribution in [3.63, 3.8) is 0 Å². The quantitative estimate of drug-likeness (QED) is 0.881. The molecule has 0 saturated heterocycles. The van der Waals surface area contributed by atoms with E-state index in [2.05, 4.69) is 59.0 Å². The summed E-state index contributed by atoms with van der Waals surface area (Å²) in [4.78, 5) is 15.7. The van der Waals surface area contributed by atoms with Crippen LogP contribution in [0.4, 0.5) is 0 Å². The highest BCUT2D eigenvalue weighted by molar-refractivity contribution is 7.09. The van der Waals surface area contributed by atoms with Crippen LogP contribution in [0, 0.1) is 0 Å². The summed E-state index contributed by atoms with van der Waals surface area (Å²) in [6.07, 6.45) is 4.41. The molecule has 1 N–H and O–H groups in total. The number of rotatable bonds is 6. The molecule has 1 atom stereocenters. The van der Waals surface area contributed by atoms with Crippen LogP contribution in [0.5, 0.6) is 0 Å². The summed E-state index contributed by atoms with van der Waals surface area (Å²) in [7, 11) is 2.06. The van der Waals surface area contributed by atoms with Crippen molar-refractivity contribution in [3.8, 4) is 0 Å². The van der Waals surface area contributed by atoms with Gasteiger partial charge >= 0.3 is 0 Å².